The molecule has 0 fully saturated rings. The van der Waals surface area contributed by atoms with Crippen molar-refractivity contribution in [3.05, 3.63) is 0 Å². The fourth-order valence-electron chi connectivity index (χ4n) is 3.39. The Hall–Kier alpha value is -0.770. The highest BCUT2D eigenvalue weighted by atomic mass is 35.5. The molecule has 0 bridgehead atoms. The van der Waals surface area contributed by atoms with Gasteiger partial charge < -0.3 is 9.47 Å². The number of ether oxygens (including phenoxy) is 2. The van der Waals surface area contributed by atoms with Gasteiger partial charge in [-0.05, 0) is 19.3 Å². The first kappa shape index (κ1) is 29.2. The quantitative estimate of drug-likeness (QED) is 0.0914. The average molecular weight is 447 g/mol. The van der Waals surface area contributed by atoms with Crippen molar-refractivity contribution in [3.63, 3.8) is 0 Å². The highest BCUT2D eigenvalue weighted by Gasteiger charge is 2.09. The molecule has 0 aliphatic carbocycles. The fraction of sp³-hybridized carbons (Fsp3) is 0.920. The van der Waals surface area contributed by atoms with E-state index in [0.29, 0.717) is 13.2 Å². The van der Waals surface area contributed by atoms with Gasteiger partial charge in [0.1, 0.15) is 0 Å². The molecule has 0 aromatic carbocycles. The number of alkyl halides is 1. The molecule has 0 radical (unpaired) electrons. The maximum atomic E-state index is 11.7. The van der Waals surface area contributed by atoms with Crippen molar-refractivity contribution in [2.45, 2.75) is 129 Å². The number of hydrogen-bond donors (Lipinski definition) is 0. The van der Waals surface area contributed by atoms with Crippen LogP contribution in [-0.2, 0) is 19.1 Å². The molecule has 0 amide bonds. The molecular weight excluding hydrogens is 400 g/mol. The average Bonchev–Trinajstić information content (AvgIpc) is 2.75. The van der Waals surface area contributed by atoms with Gasteiger partial charge in [-0.1, -0.05) is 96.8 Å². The predicted octanol–water partition coefficient (Wildman–Crippen LogP) is 7.74. The Balaban J connectivity index is 3.30. The molecule has 0 saturated heterocycles. The zero-order chi connectivity index (χ0) is 22.1. The number of esters is 2. The Kier molecular flexibility index (Phi) is 23.9. The summed E-state index contributed by atoms with van der Waals surface area (Å²) < 4.78 is 10.4. The lowest BCUT2D eigenvalue weighted by Crippen LogP contribution is -2.11. The number of rotatable bonds is 23. The summed E-state index contributed by atoms with van der Waals surface area (Å²) >= 11 is 5.64. The molecule has 0 aromatic heterocycles. The van der Waals surface area contributed by atoms with Crippen molar-refractivity contribution in [3.8, 4) is 0 Å². The van der Waals surface area contributed by atoms with Crippen LogP contribution in [0.3, 0.4) is 0 Å². The van der Waals surface area contributed by atoms with Crippen molar-refractivity contribution in [2.24, 2.45) is 0 Å². The lowest BCUT2D eigenvalue weighted by Gasteiger charge is -2.06. The number of hydrogen-bond acceptors (Lipinski definition) is 4. The third-order valence-corrected chi connectivity index (χ3v) is 5.60. The molecule has 0 unspecified atom stereocenters. The van der Waals surface area contributed by atoms with E-state index in [1.54, 1.807) is 0 Å². The summed E-state index contributed by atoms with van der Waals surface area (Å²) in [6.45, 7) is 3.16. The van der Waals surface area contributed by atoms with Crippen LogP contribution in [0.25, 0.3) is 0 Å². The molecular formula is C25H47ClO4. The zero-order valence-corrected chi connectivity index (χ0v) is 20.3. The molecule has 0 aliphatic heterocycles. The van der Waals surface area contributed by atoms with Crippen molar-refractivity contribution in [2.75, 3.05) is 19.1 Å². The maximum Gasteiger partial charge on any atom is 0.306 e. The molecule has 178 valence electrons. The highest BCUT2D eigenvalue weighted by molar-refractivity contribution is 6.17. The second-order valence-electron chi connectivity index (χ2n) is 8.29. The summed E-state index contributed by atoms with van der Waals surface area (Å²) in [7, 11) is 0. The van der Waals surface area contributed by atoms with Crippen molar-refractivity contribution in [1.82, 2.24) is 0 Å². The van der Waals surface area contributed by atoms with E-state index in [9.17, 15) is 9.59 Å². The van der Waals surface area contributed by atoms with Gasteiger partial charge >= 0.3 is 11.9 Å². The molecule has 4 nitrogen and oxygen atoms in total. The molecule has 0 atom stereocenters. The minimum atomic E-state index is -0.302. The number of halogens is 1. The number of carbonyl (C=O) groups excluding carboxylic acids is 2. The van der Waals surface area contributed by atoms with Crippen LogP contribution >= 0.6 is 11.6 Å². The first-order valence-electron chi connectivity index (χ1n) is 12.6. The van der Waals surface area contributed by atoms with Crippen LogP contribution in [0.4, 0.5) is 0 Å². The summed E-state index contributed by atoms with van der Waals surface area (Å²) in [5.74, 6) is 0.140. The van der Waals surface area contributed by atoms with E-state index in [1.165, 1.54) is 70.6 Å². The largest absolute Gasteiger partial charge is 0.466 e. The van der Waals surface area contributed by atoms with Crippen LogP contribution in [0.2, 0.25) is 0 Å². The van der Waals surface area contributed by atoms with Gasteiger partial charge in [-0.2, -0.15) is 0 Å². The van der Waals surface area contributed by atoms with E-state index in [-0.39, 0.29) is 24.8 Å². The smallest absolute Gasteiger partial charge is 0.306 e. The normalized spacial score (nSPS) is 10.9. The van der Waals surface area contributed by atoms with Gasteiger partial charge in [-0.15, -0.1) is 11.6 Å². The van der Waals surface area contributed by atoms with Crippen molar-refractivity contribution < 1.29 is 19.1 Å². The summed E-state index contributed by atoms with van der Waals surface area (Å²) in [6.07, 6.45) is 20.8. The van der Waals surface area contributed by atoms with E-state index < -0.39 is 0 Å². The van der Waals surface area contributed by atoms with E-state index in [4.69, 9.17) is 21.1 Å². The van der Waals surface area contributed by atoms with Crippen LogP contribution < -0.4 is 0 Å². The Morgan fingerprint density at radius 3 is 1.23 bits per heavy atom. The Bertz CT molecular complexity index is 387. The van der Waals surface area contributed by atoms with E-state index in [2.05, 4.69) is 6.92 Å². The fourth-order valence-corrected chi connectivity index (χ4v) is 3.58. The summed E-state index contributed by atoms with van der Waals surface area (Å²) in [5, 5.41) is 0. The van der Waals surface area contributed by atoms with Crippen LogP contribution in [0.5, 0.6) is 0 Å². The van der Waals surface area contributed by atoms with Crippen LogP contribution in [0.15, 0.2) is 0 Å². The molecule has 30 heavy (non-hydrogen) atoms. The second-order valence-corrected chi connectivity index (χ2v) is 8.66. The molecule has 5 heteroatoms. The van der Waals surface area contributed by atoms with E-state index in [1.807, 2.05) is 0 Å². The first-order chi connectivity index (χ1) is 14.7. The monoisotopic (exact) mass is 446 g/mol. The highest BCUT2D eigenvalue weighted by Crippen LogP contribution is 2.11. The van der Waals surface area contributed by atoms with Gasteiger partial charge in [0.2, 0.25) is 0 Å². The Morgan fingerprint density at radius 1 is 0.533 bits per heavy atom. The molecule has 0 heterocycles. The molecule has 0 spiro atoms. The lowest BCUT2D eigenvalue weighted by molar-refractivity contribution is -0.150. The van der Waals surface area contributed by atoms with Crippen LogP contribution in [-0.4, -0.2) is 31.0 Å². The number of carbonyl (C=O) groups is 2. The zero-order valence-electron chi connectivity index (χ0n) is 19.6. The number of unbranched alkanes of at least 4 members (excludes halogenated alkanes) is 15. The Labute approximate surface area is 190 Å². The maximum absolute atomic E-state index is 11.7. The summed E-state index contributed by atoms with van der Waals surface area (Å²) in [4.78, 5) is 23.3. The third kappa shape index (κ3) is 23.5. The first-order valence-corrected chi connectivity index (χ1v) is 13.1. The van der Waals surface area contributed by atoms with E-state index in [0.717, 1.165) is 44.4 Å². The molecule has 0 aliphatic rings. The predicted molar refractivity (Wildman–Crippen MR) is 126 cm³/mol. The summed E-state index contributed by atoms with van der Waals surface area (Å²) in [5.41, 5.74) is 0. The lowest BCUT2D eigenvalue weighted by atomic mass is 10.1. The summed E-state index contributed by atoms with van der Waals surface area (Å²) in [6, 6.07) is 0. The van der Waals surface area contributed by atoms with Gasteiger partial charge in [0.15, 0.2) is 0 Å². The molecule has 0 rings (SSSR count). The van der Waals surface area contributed by atoms with Crippen molar-refractivity contribution in [1.29, 1.82) is 0 Å². The van der Waals surface area contributed by atoms with Crippen LogP contribution in [0.1, 0.15) is 129 Å². The van der Waals surface area contributed by atoms with Crippen LogP contribution in [0, 0.1) is 0 Å². The van der Waals surface area contributed by atoms with Gasteiger partial charge in [0.05, 0.1) is 26.1 Å². The standard InChI is InChI=1S/C25H47ClO4/c1-2-3-4-5-6-7-8-9-11-14-17-22-29-24(27)19-20-25(28)30-23-18-15-12-10-13-16-21-26/h2-23H2,1H3. The Morgan fingerprint density at radius 2 is 0.867 bits per heavy atom. The van der Waals surface area contributed by atoms with Gasteiger partial charge in [-0.3, -0.25) is 9.59 Å². The van der Waals surface area contributed by atoms with Gasteiger partial charge in [0, 0.05) is 5.88 Å². The minimum Gasteiger partial charge on any atom is -0.466 e. The second kappa shape index (κ2) is 24.5. The minimum absolute atomic E-state index is 0.118. The molecule has 0 saturated carbocycles. The van der Waals surface area contributed by atoms with Gasteiger partial charge in [0.25, 0.3) is 0 Å². The SMILES string of the molecule is CCCCCCCCCCCCCOC(=O)CCC(=O)OCCCCCCCCCl. The van der Waals surface area contributed by atoms with E-state index >= 15 is 0 Å². The topological polar surface area (TPSA) is 52.6 Å². The third-order valence-electron chi connectivity index (χ3n) is 5.34. The van der Waals surface area contributed by atoms with Gasteiger partial charge in [-0.25, -0.2) is 0 Å². The van der Waals surface area contributed by atoms with Crippen molar-refractivity contribution >= 4 is 23.5 Å². The molecule has 0 N–H and O–H groups in total. The molecule has 0 aromatic rings.